The molecule has 0 fully saturated rings. The Morgan fingerprint density at radius 1 is 0.963 bits per heavy atom. The van der Waals surface area contributed by atoms with E-state index in [0.717, 1.165) is 5.69 Å². The molecule has 1 amide bonds. The maximum absolute atomic E-state index is 12.2. The number of carbonyl (C=O) groups is 2. The molecule has 0 aliphatic heterocycles. The van der Waals surface area contributed by atoms with Crippen molar-refractivity contribution in [1.29, 1.82) is 0 Å². The minimum atomic E-state index is -0.389. The summed E-state index contributed by atoms with van der Waals surface area (Å²) in [4.78, 5) is 27.9. The molecule has 0 saturated heterocycles. The minimum absolute atomic E-state index is 0.265. The fourth-order valence-electron chi connectivity index (χ4n) is 2.33. The summed E-state index contributed by atoms with van der Waals surface area (Å²) >= 11 is 5.90. The number of benzene rings is 2. The number of nitrogens with zero attached hydrogens (tertiary/aromatic N) is 1. The number of amides is 1. The number of pyridine rings is 1. The number of methoxy groups -OCH3 is 1. The van der Waals surface area contributed by atoms with Gasteiger partial charge >= 0.3 is 5.97 Å². The number of carbonyl (C=O) groups excluding carboxylic acids is 2. The van der Waals surface area contributed by atoms with Gasteiger partial charge in [-0.1, -0.05) is 17.7 Å². The van der Waals surface area contributed by atoms with Gasteiger partial charge in [0.05, 0.1) is 24.6 Å². The predicted octanol–water partition coefficient (Wildman–Crippen LogP) is 4.52. The number of ether oxygens (including phenoxy) is 1. The van der Waals surface area contributed by atoms with Gasteiger partial charge in [-0.15, -0.1) is 0 Å². The number of anilines is 3. The summed E-state index contributed by atoms with van der Waals surface area (Å²) in [6.45, 7) is 0. The monoisotopic (exact) mass is 381 g/mol. The topological polar surface area (TPSA) is 80.3 Å². The van der Waals surface area contributed by atoms with Gasteiger partial charge in [0.25, 0.3) is 5.91 Å². The Hall–Kier alpha value is -3.38. The first kappa shape index (κ1) is 18.4. The van der Waals surface area contributed by atoms with Crippen molar-refractivity contribution < 1.29 is 14.3 Å². The predicted molar refractivity (Wildman–Crippen MR) is 105 cm³/mol. The third-order valence-electron chi connectivity index (χ3n) is 3.69. The van der Waals surface area contributed by atoms with Crippen LogP contribution in [-0.4, -0.2) is 24.0 Å². The minimum Gasteiger partial charge on any atom is -0.465 e. The standard InChI is InChI=1S/C20H16ClN3O3/c1-27-20(26)13-5-7-16(8-6-13)23-18-10-9-17(12-22-18)24-19(25)14-3-2-4-15(21)11-14/h2-12H,1H3,(H,22,23)(H,24,25). The van der Waals surface area contributed by atoms with Gasteiger partial charge in [-0.25, -0.2) is 9.78 Å². The number of esters is 1. The molecule has 0 atom stereocenters. The number of halogens is 1. The van der Waals surface area contributed by atoms with Gasteiger partial charge in [0.2, 0.25) is 0 Å². The highest BCUT2D eigenvalue weighted by molar-refractivity contribution is 6.31. The Kier molecular flexibility index (Phi) is 5.68. The Morgan fingerprint density at radius 3 is 2.33 bits per heavy atom. The summed E-state index contributed by atoms with van der Waals surface area (Å²) < 4.78 is 4.66. The zero-order chi connectivity index (χ0) is 19.2. The molecule has 27 heavy (non-hydrogen) atoms. The number of rotatable bonds is 5. The van der Waals surface area contributed by atoms with Gasteiger partial charge in [-0.3, -0.25) is 4.79 Å². The van der Waals surface area contributed by atoms with Gasteiger partial charge in [0.15, 0.2) is 0 Å². The van der Waals surface area contributed by atoms with Crippen LogP contribution in [0.15, 0.2) is 66.9 Å². The Balaban J connectivity index is 1.63. The van der Waals surface area contributed by atoms with E-state index in [0.29, 0.717) is 27.7 Å². The lowest BCUT2D eigenvalue weighted by atomic mass is 10.2. The summed E-state index contributed by atoms with van der Waals surface area (Å²) in [6, 6.07) is 17.0. The molecule has 3 rings (SSSR count). The molecule has 1 aromatic heterocycles. The molecular formula is C20H16ClN3O3. The second-order valence-corrected chi connectivity index (χ2v) is 6.03. The number of hydrogen-bond acceptors (Lipinski definition) is 5. The molecule has 0 unspecified atom stereocenters. The fraction of sp³-hybridized carbons (Fsp3) is 0.0500. The third-order valence-corrected chi connectivity index (χ3v) is 3.92. The van der Waals surface area contributed by atoms with E-state index in [4.69, 9.17) is 11.6 Å². The van der Waals surface area contributed by atoms with Crippen LogP contribution >= 0.6 is 11.6 Å². The average Bonchev–Trinajstić information content (AvgIpc) is 2.69. The lowest BCUT2D eigenvalue weighted by molar-refractivity contribution is 0.0600. The van der Waals surface area contributed by atoms with E-state index in [1.807, 2.05) is 0 Å². The molecule has 0 aliphatic rings. The maximum atomic E-state index is 12.2. The molecule has 6 nitrogen and oxygen atoms in total. The molecule has 2 N–H and O–H groups in total. The van der Waals surface area contributed by atoms with Crippen LogP contribution in [0.25, 0.3) is 0 Å². The molecule has 0 bridgehead atoms. The largest absolute Gasteiger partial charge is 0.465 e. The Labute approximate surface area is 161 Å². The van der Waals surface area contributed by atoms with E-state index in [1.165, 1.54) is 7.11 Å². The highest BCUT2D eigenvalue weighted by Gasteiger charge is 2.07. The summed E-state index contributed by atoms with van der Waals surface area (Å²) in [6.07, 6.45) is 1.55. The molecule has 0 saturated carbocycles. The number of hydrogen-bond donors (Lipinski definition) is 2. The molecule has 3 aromatic rings. The molecule has 0 radical (unpaired) electrons. The van der Waals surface area contributed by atoms with Gasteiger partial charge in [0.1, 0.15) is 5.82 Å². The second kappa shape index (κ2) is 8.33. The summed E-state index contributed by atoms with van der Waals surface area (Å²) in [5.74, 6) is -0.0561. The second-order valence-electron chi connectivity index (χ2n) is 5.59. The normalized spacial score (nSPS) is 10.1. The van der Waals surface area contributed by atoms with Crippen molar-refractivity contribution in [3.05, 3.63) is 83.0 Å². The molecule has 7 heteroatoms. The van der Waals surface area contributed by atoms with E-state index >= 15 is 0 Å². The van der Waals surface area contributed by atoms with Crippen molar-refractivity contribution in [2.45, 2.75) is 0 Å². The van der Waals surface area contributed by atoms with Crippen molar-refractivity contribution >= 4 is 40.7 Å². The Bertz CT molecular complexity index is 957. The van der Waals surface area contributed by atoms with Gasteiger partial charge < -0.3 is 15.4 Å². The van der Waals surface area contributed by atoms with Crippen molar-refractivity contribution in [2.24, 2.45) is 0 Å². The summed E-state index contributed by atoms with van der Waals surface area (Å²) in [5.41, 5.74) is 2.27. The van der Waals surface area contributed by atoms with Crippen LogP contribution in [0, 0.1) is 0 Å². The van der Waals surface area contributed by atoms with Crippen LogP contribution < -0.4 is 10.6 Å². The van der Waals surface area contributed by atoms with Crippen LogP contribution in [0.5, 0.6) is 0 Å². The Morgan fingerprint density at radius 2 is 1.70 bits per heavy atom. The third kappa shape index (κ3) is 4.83. The highest BCUT2D eigenvalue weighted by Crippen LogP contribution is 2.18. The van der Waals surface area contributed by atoms with E-state index in [9.17, 15) is 9.59 Å². The van der Waals surface area contributed by atoms with Crippen molar-refractivity contribution in [3.8, 4) is 0 Å². The molecule has 0 aliphatic carbocycles. The van der Waals surface area contributed by atoms with E-state index < -0.39 is 0 Å². The van der Waals surface area contributed by atoms with Gasteiger partial charge in [0, 0.05) is 16.3 Å². The smallest absolute Gasteiger partial charge is 0.337 e. The molecule has 2 aromatic carbocycles. The zero-order valence-electron chi connectivity index (χ0n) is 14.4. The molecular weight excluding hydrogens is 366 g/mol. The van der Waals surface area contributed by atoms with E-state index in [2.05, 4.69) is 20.4 Å². The van der Waals surface area contributed by atoms with Crippen LogP contribution in [0.3, 0.4) is 0 Å². The van der Waals surface area contributed by atoms with Crippen molar-refractivity contribution in [2.75, 3.05) is 17.7 Å². The molecule has 0 spiro atoms. The van der Waals surface area contributed by atoms with Crippen molar-refractivity contribution in [1.82, 2.24) is 4.98 Å². The number of nitrogens with one attached hydrogen (secondary N) is 2. The lowest BCUT2D eigenvalue weighted by Gasteiger charge is -2.08. The lowest BCUT2D eigenvalue weighted by Crippen LogP contribution is -2.12. The first-order valence-electron chi connectivity index (χ1n) is 8.03. The van der Waals surface area contributed by atoms with Gasteiger partial charge in [-0.2, -0.15) is 0 Å². The van der Waals surface area contributed by atoms with Crippen molar-refractivity contribution in [3.63, 3.8) is 0 Å². The number of aromatic nitrogens is 1. The maximum Gasteiger partial charge on any atom is 0.337 e. The van der Waals surface area contributed by atoms with Crippen LogP contribution in [0.2, 0.25) is 5.02 Å². The molecule has 136 valence electrons. The first-order chi connectivity index (χ1) is 13.0. The first-order valence-corrected chi connectivity index (χ1v) is 8.41. The van der Waals surface area contributed by atoms with Gasteiger partial charge in [-0.05, 0) is 54.6 Å². The summed E-state index contributed by atoms with van der Waals surface area (Å²) in [5, 5.41) is 6.38. The SMILES string of the molecule is COC(=O)c1ccc(Nc2ccc(NC(=O)c3cccc(Cl)c3)cn2)cc1. The van der Waals surface area contributed by atoms with E-state index in [1.54, 1.807) is 66.9 Å². The zero-order valence-corrected chi connectivity index (χ0v) is 15.2. The van der Waals surface area contributed by atoms with Crippen LogP contribution in [0.1, 0.15) is 20.7 Å². The van der Waals surface area contributed by atoms with Crippen LogP contribution in [0.4, 0.5) is 17.2 Å². The van der Waals surface area contributed by atoms with Crippen LogP contribution in [-0.2, 0) is 4.74 Å². The highest BCUT2D eigenvalue weighted by atomic mass is 35.5. The molecule has 1 heterocycles. The quantitative estimate of drug-likeness (QED) is 0.635. The summed E-state index contributed by atoms with van der Waals surface area (Å²) in [7, 11) is 1.34. The van der Waals surface area contributed by atoms with E-state index in [-0.39, 0.29) is 11.9 Å². The fourth-order valence-corrected chi connectivity index (χ4v) is 2.52. The average molecular weight is 382 g/mol.